The number of hydrogen-bond acceptors (Lipinski definition) is 5. The molecule has 0 aliphatic carbocycles. The summed E-state index contributed by atoms with van der Waals surface area (Å²) in [6.07, 6.45) is 1.68. The zero-order valence-corrected chi connectivity index (χ0v) is 13.9. The van der Waals surface area contributed by atoms with Gasteiger partial charge in [0.2, 0.25) is 0 Å². The molecule has 1 heterocycles. The minimum Gasteiger partial charge on any atom is -0.469 e. The van der Waals surface area contributed by atoms with E-state index >= 15 is 0 Å². The van der Waals surface area contributed by atoms with Crippen LogP contribution in [0.2, 0.25) is 5.02 Å². The van der Waals surface area contributed by atoms with Crippen molar-refractivity contribution in [2.75, 3.05) is 38.0 Å². The van der Waals surface area contributed by atoms with Crippen molar-refractivity contribution in [1.82, 2.24) is 0 Å². The maximum atomic E-state index is 11.1. The van der Waals surface area contributed by atoms with E-state index in [1.165, 1.54) is 7.11 Å². The molecule has 0 bridgehead atoms. The predicted octanol–water partition coefficient (Wildman–Crippen LogP) is 3.22. The van der Waals surface area contributed by atoms with Crippen LogP contribution < -0.4 is 4.90 Å². The molecule has 1 aromatic rings. The van der Waals surface area contributed by atoms with Crippen molar-refractivity contribution in [2.45, 2.75) is 23.8 Å². The molecule has 1 aliphatic rings. The first-order valence-corrected chi connectivity index (χ1v) is 8.28. The number of ether oxygens (including phenoxy) is 2. The Balaban J connectivity index is 2.01. The van der Waals surface area contributed by atoms with Crippen molar-refractivity contribution in [3.8, 4) is 0 Å². The Morgan fingerprint density at radius 3 is 2.95 bits per heavy atom. The van der Waals surface area contributed by atoms with Crippen molar-refractivity contribution >= 4 is 35.0 Å². The number of thioether (sulfide) groups is 1. The summed E-state index contributed by atoms with van der Waals surface area (Å²) < 4.78 is 10.0. The molecule has 0 spiro atoms. The Labute approximate surface area is 134 Å². The number of rotatable bonds is 6. The molecule has 1 aromatic carbocycles. The summed E-state index contributed by atoms with van der Waals surface area (Å²) >= 11 is 8.09. The first-order valence-electron chi connectivity index (χ1n) is 6.91. The Hall–Kier alpha value is -0.910. The van der Waals surface area contributed by atoms with Crippen molar-refractivity contribution < 1.29 is 14.3 Å². The van der Waals surface area contributed by atoms with Crippen LogP contribution in [-0.2, 0) is 14.3 Å². The average Bonchev–Trinajstić information content (AvgIpc) is 2.97. The van der Waals surface area contributed by atoms with E-state index in [0.29, 0.717) is 12.2 Å². The third-order valence-electron chi connectivity index (χ3n) is 3.55. The molecule has 6 heteroatoms. The molecule has 1 saturated heterocycles. The fourth-order valence-corrected chi connectivity index (χ4v) is 3.64. The molecule has 116 valence electrons. The first-order chi connectivity index (χ1) is 10.2. The summed E-state index contributed by atoms with van der Waals surface area (Å²) in [5, 5.41) is 0.754. The highest BCUT2D eigenvalue weighted by atomic mass is 35.5. The standard InChI is InChI=1S/C15H20ClNO3S/c1-19-11-6-8-17(10-11)12-4-3-5-13(15(12)16)21-9-7-14(18)20-2/h3-5,11H,6-10H2,1-2H3. The molecule has 21 heavy (non-hydrogen) atoms. The molecule has 1 aliphatic heterocycles. The van der Waals surface area contributed by atoms with Gasteiger partial charge in [-0.05, 0) is 18.6 Å². The Morgan fingerprint density at radius 2 is 2.29 bits per heavy atom. The Kier molecular flexibility index (Phi) is 6.21. The van der Waals surface area contributed by atoms with E-state index in [4.69, 9.17) is 16.3 Å². The maximum absolute atomic E-state index is 11.1. The highest BCUT2D eigenvalue weighted by molar-refractivity contribution is 7.99. The summed E-state index contributed by atoms with van der Waals surface area (Å²) in [5.41, 5.74) is 1.04. The van der Waals surface area contributed by atoms with Gasteiger partial charge in [-0.2, -0.15) is 0 Å². The lowest BCUT2D eigenvalue weighted by molar-refractivity contribution is -0.140. The van der Waals surface area contributed by atoms with Crippen LogP contribution in [0.4, 0.5) is 5.69 Å². The molecule has 1 fully saturated rings. The van der Waals surface area contributed by atoms with Gasteiger partial charge in [0.25, 0.3) is 0 Å². The Morgan fingerprint density at radius 1 is 1.48 bits per heavy atom. The molecule has 1 unspecified atom stereocenters. The van der Waals surface area contributed by atoms with E-state index in [0.717, 1.165) is 35.1 Å². The van der Waals surface area contributed by atoms with E-state index in [2.05, 4.69) is 9.64 Å². The van der Waals surface area contributed by atoms with Gasteiger partial charge in [-0.3, -0.25) is 4.79 Å². The van der Waals surface area contributed by atoms with Gasteiger partial charge in [0.15, 0.2) is 0 Å². The first kappa shape index (κ1) is 16.5. The second-order valence-electron chi connectivity index (χ2n) is 4.86. The summed E-state index contributed by atoms with van der Waals surface area (Å²) in [7, 11) is 3.15. The van der Waals surface area contributed by atoms with Crippen LogP contribution in [-0.4, -0.2) is 45.1 Å². The number of halogens is 1. The van der Waals surface area contributed by atoms with Crippen LogP contribution in [0.15, 0.2) is 23.1 Å². The summed E-state index contributed by atoms with van der Waals surface area (Å²) in [5.74, 6) is 0.466. The van der Waals surface area contributed by atoms with Gasteiger partial charge in [-0.1, -0.05) is 17.7 Å². The zero-order chi connectivity index (χ0) is 15.2. The minimum absolute atomic E-state index is 0.197. The van der Waals surface area contributed by atoms with Crippen molar-refractivity contribution in [3.63, 3.8) is 0 Å². The highest BCUT2D eigenvalue weighted by Gasteiger charge is 2.24. The van der Waals surface area contributed by atoms with E-state index in [1.54, 1.807) is 18.9 Å². The van der Waals surface area contributed by atoms with E-state index in [-0.39, 0.29) is 12.1 Å². The quantitative estimate of drug-likeness (QED) is 0.592. The van der Waals surface area contributed by atoms with Crippen LogP contribution in [0.3, 0.4) is 0 Å². The molecular formula is C15H20ClNO3S. The fraction of sp³-hybridized carbons (Fsp3) is 0.533. The number of methoxy groups -OCH3 is 2. The summed E-state index contributed by atoms with van der Waals surface area (Å²) in [4.78, 5) is 14.4. The number of carbonyl (C=O) groups excluding carboxylic acids is 1. The second kappa shape index (κ2) is 7.92. The average molecular weight is 330 g/mol. The molecule has 4 nitrogen and oxygen atoms in total. The van der Waals surface area contributed by atoms with Gasteiger partial charge in [0.05, 0.1) is 30.3 Å². The number of hydrogen-bond donors (Lipinski definition) is 0. The van der Waals surface area contributed by atoms with E-state index in [9.17, 15) is 4.79 Å². The van der Waals surface area contributed by atoms with E-state index in [1.807, 2.05) is 18.2 Å². The number of nitrogens with zero attached hydrogens (tertiary/aromatic N) is 1. The lowest BCUT2D eigenvalue weighted by Gasteiger charge is -2.21. The zero-order valence-electron chi connectivity index (χ0n) is 12.3. The molecule has 0 amide bonds. The van der Waals surface area contributed by atoms with Gasteiger partial charge in [-0.15, -0.1) is 11.8 Å². The normalized spacial score (nSPS) is 18.0. The third kappa shape index (κ3) is 4.28. The van der Waals surface area contributed by atoms with Crippen LogP contribution in [0, 0.1) is 0 Å². The number of anilines is 1. The molecule has 1 atom stereocenters. The predicted molar refractivity (Wildman–Crippen MR) is 86.4 cm³/mol. The number of carbonyl (C=O) groups is 1. The monoisotopic (exact) mass is 329 g/mol. The largest absolute Gasteiger partial charge is 0.469 e. The molecule has 0 N–H and O–H groups in total. The van der Waals surface area contributed by atoms with Gasteiger partial charge in [0, 0.05) is 30.8 Å². The summed E-state index contributed by atoms with van der Waals surface area (Å²) in [6.45, 7) is 1.82. The maximum Gasteiger partial charge on any atom is 0.306 e. The molecular weight excluding hydrogens is 310 g/mol. The van der Waals surface area contributed by atoms with Crippen molar-refractivity contribution in [1.29, 1.82) is 0 Å². The molecule has 0 saturated carbocycles. The van der Waals surface area contributed by atoms with Gasteiger partial charge in [-0.25, -0.2) is 0 Å². The van der Waals surface area contributed by atoms with Crippen LogP contribution in [0.25, 0.3) is 0 Å². The minimum atomic E-state index is -0.197. The van der Waals surface area contributed by atoms with Crippen molar-refractivity contribution in [3.05, 3.63) is 23.2 Å². The summed E-state index contributed by atoms with van der Waals surface area (Å²) in [6, 6.07) is 6.02. The van der Waals surface area contributed by atoms with Crippen molar-refractivity contribution in [2.24, 2.45) is 0 Å². The molecule has 0 aromatic heterocycles. The van der Waals surface area contributed by atoms with Crippen LogP contribution in [0.5, 0.6) is 0 Å². The lowest BCUT2D eigenvalue weighted by Crippen LogP contribution is -2.22. The lowest BCUT2D eigenvalue weighted by atomic mass is 10.3. The van der Waals surface area contributed by atoms with Gasteiger partial charge in [0.1, 0.15) is 0 Å². The number of esters is 1. The molecule has 0 radical (unpaired) electrons. The van der Waals surface area contributed by atoms with Gasteiger partial charge >= 0.3 is 5.97 Å². The second-order valence-corrected chi connectivity index (χ2v) is 6.37. The molecule has 2 rings (SSSR count). The Bertz CT molecular complexity index is 498. The van der Waals surface area contributed by atoms with Crippen LogP contribution >= 0.6 is 23.4 Å². The van der Waals surface area contributed by atoms with Crippen LogP contribution in [0.1, 0.15) is 12.8 Å². The van der Waals surface area contributed by atoms with E-state index < -0.39 is 0 Å². The third-order valence-corrected chi connectivity index (χ3v) is 5.12. The fourth-order valence-electron chi connectivity index (χ4n) is 2.34. The number of benzene rings is 1. The SMILES string of the molecule is COC(=O)CCSc1cccc(N2CCC(OC)C2)c1Cl. The highest BCUT2D eigenvalue weighted by Crippen LogP contribution is 2.37. The topological polar surface area (TPSA) is 38.8 Å². The van der Waals surface area contributed by atoms with Gasteiger partial charge < -0.3 is 14.4 Å². The smallest absolute Gasteiger partial charge is 0.306 e.